The zero-order chi connectivity index (χ0) is 17.1. The van der Waals surface area contributed by atoms with Crippen LogP contribution in [0.2, 0.25) is 0 Å². The Hall–Kier alpha value is -1.92. The normalized spacial score (nSPS) is 16.0. The lowest BCUT2D eigenvalue weighted by Crippen LogP contribution is -2.27. The van der Waals surface area contributed by atoms with Gasteiger partial charge in [-0.15, -0.1) is 11.3 Å². The van der Waals surface area contributed by atoms with Gasteiger partial charge in [0.05, 0.1) is 24.9 Å². The van der Waals surface area contributed by atoms with Crippen molar-refractivity contribution in [2.24, 2.45) is 0 Å². The molecule has 5 nitrogen and oxygen atoms in total. The van der Waals surface area contributed by atoms with Gasteiger partial charge in [0, 0.05) is 7.11 Å². The number of fused-ring (bicyclic) bond motifs is 1. The lowest BCUT2D eigenvalue weighted by Gasteiger charge is -2.14. The van der Waals surface area contributed by atoms with Crippen LogP contribution >= 0.6 is 11.3 Å². The van der Waals surface area contributed by atoms with Gasteiger partial charge < -0.3 is 14.8 Å². The van der Waals surface area contributed by atoms with Crippen molar-refractivity contribution in [3.63, 3.8) is 0 Å². The number of hydrogen-bond acceptors (Lipinski definition) is 5. The van der Waals surface area contributed by atoms with Crippen LogP contribution in [0.5, 0.6) is 5.75 Å². The second kappa shape index (κ2) is 7.32. The second-order valence-electron chi connectivity index (χ2n) is 5.78. The van der Waals surface area contributed by atoms with Gasteiger partial charge in [0.1, 0.15) is 15.6 Å². The molecule has 0 spiro atoms. The van der Waals surface area contributed by atoms with Crippen molar-refractivity contribution >= 4 is 17.2 Å². The maximum atomic E-state index is 12.6. The van der Waals surface area contributed by atoms with E-state index in [0.29, 0.717) is 18.1 Å². The van der Waals surface area contributed by atoms with Gasteiger partial charge >= 0.3 is 0 Å². The summed E-state index contributed by atoms with van der Waals surface area (Å²) in [5, 5.41) is 3.98. The third kappa shape index (κ3) is 3.30. The number of benzene rings is 1. The molecule has 0 saturated carbocycles. The van der Waals surface area contributed by atoms with E-state index in [9.17, 15) is 4.79 Å². The fraction of sp³-hybridized carbons (Fsp3) is 0.444. The fourth-order valence-corrected chi connectivity index (χ4v) is 4.07. The predicted octanol–water partition coefficient (Wildman–Crippen LogP) is 3.41. The van der Waals surface area contributed by atoms with E-state index < -0.39 is 0 Å². The van der Waals surface area contributed by atoms with Crippen LogP contribution in [0.4, 0.5) is 0 Å². The molecule has 1 aromatic carbocycles. The van der Waals surface area contributed by atoms with Crippen LogP contribution in [0.1, 0.15) is 50.9 Å². The summed E-state index contributed by atoms with van der Waals surface area (Å²) in [4.78, 5) is 17.7. The van der Waals surface area contributed by atoms with Crippen molar-refractivity contribution in [1.82, 2.24) is 10.3 Å². The average molecular weight is 346 g/mol. The first-order chi connectivity index (χ1) is 11.6. The molecule has 0 saturated heterocycles. The van der Waals surface area contributed by atoms with E-state index in [-0.39, 0.29) is 11.9 Å². The number of ether oxygens (including phenoxy) is 2. The molecule has 1 aromatic heterocycles. The number of carbonyl (C=O) groups excluding carboxylic acids is 1. The van der Waals surface area contributed by atoms with Crippen LogP contribution in [0, 0.1) is 6.92 Å². The number of aryl methyl sites for hydroxylation is 1. The number of nitrogens with one attached hydrogen (secondary N) is 1. The molecule has 0 bridgehead atoms. The maximum absolute atomic E-state index is 12.6. The van der Waals surface area contributed by atoms with Gasteiger partial charge in [-0.05, 0) is 43.9 Å². The average Bonchev–Trinajstić information content (AvgIpc) is 3.13. The Balaban J connectivity index is 1.77. The minimum absolute atomic E-state index is 0.0280. The van der Waals surface area contributed by atoms with Crippen LogP contribution < -0.4 is 10.1 Å². The fourth-order valence-electron chi connectivity index (χ4n) is 3.13. The minimum atomic E-state index is -0.0629. The lowest BCUT2D eigenvalue weighted by molar-refractivity contribution is 0.0940. The molecular weight excluding hydrogens is 324 g/mol. The van der Waals surface area contributed by atoms with Gasteiger partial charge in [-0.1, -0.05) is 12.1 Å². The molecule has 0 fully saturated rings. The van der Waals surface area contributed by atoms with Crippen molar-refractivity contribution in [3.8, 4) is 5.75 Å². The Morgan fingerprint density at radius 2 is 2.29 bits per heavy atom. The highest BCUT2D eigenvalue weighted by atomic mass is 32.1. The molecule has 0 unspecified atom stereocenters. The summed E-state index contributed by atoms with van der Waals surface area (Å²) in [7, 11) is 1.63. The second-order valence-corrected chi connectivity index (χ2v) is 6.86. The summed E-state index contributed by atoms with van der Waals surface area (Å²) < 4.78 is 10.8. The molecule has 1 aliphatic carbocycles. The Labute approximate surface area is 146 Å². The summed E-state index contributed by atoms with van der Waals surface area (Å²) in [5.41, 5.74) is 3.13. The van der Waals surface area contributed by atoms with Crippen LogP contribution in [0.25, 0.3) is 0 Å². The zero-order valence-corrected chi connectivity index (χ0v) is 15.0. The third-order valence-corrected chi connectivity index (χ3v) is 5.28. The molecule has 3 rings (SSSR count). The summed E-state index contributed by atoms with van der Waals surface area (Å²) >= 11 is 1.40. The van der Waals surface area contributed by atoms with Crippen molar-refractivity contribution < 1.29 is 14.3 Å². The van der Waals surface area contributed by atoms with Gasteiger partial charge in [0.15, 0.2) is 0 Å². The SMILES string of the molecule is CCOc1cccc2c1CC[C@H]2NC(=O)c1sc(COC)nc1C. The number of hydrogen-bond donors (Lipinski definition) is 1. The molecule has 1 heterocycles. The molecule has 1 amide bonds. The van der Waals surface area contributed by atoms with Crippen molar-refractivity contribution in [2.75, 3.05) is 13.7 Å². The molecule has 0 aliphatic heterocycles. The topological polar surface area (TPSA) is 60.5 Å². The highest BCUT2D eigenvalue weighted by Crippen LogP contribution is 2.37. The van der Waals surface area contributed by atoms with E-state index in [1.54, 1.807) is 7.11 Å². The minimum Gasteiger partial charge on any atom is -0.494 e. The third-order valence-electron chi connectivity index (χ3n) is 4.15. The van der Waals surface area contributed by atoms with Gasteiger partial charge in [-0.3, -0.25) is 4.79 Å². The van der Waals surface area contributed by atoms with Gasteiger partial charge in [0.25, 0.3) is 5.91 Å². The van der Waals surface area contributed by atoms with E-state index >= 15 is 0 Å². The number of carbonyl (C=O) groups is 1. The van der Waals surface area contributed by atoms with Crippen LogP contribution in [0.3, 0.4) is 0 Å². The Kier molecular flexibility index (Phi) is 5.16. The molecule has 6 heteroatoms. The standard InChI is InChI=1S/C18H22N2O3S/c1-4-23-15-7-5-6-12-13(15)8-9-14(12)20-18(21)17-11(2)19-16(24-17)10-22-3/h5-7,14H,4,8-10H2,1-3H3,(H,20,21)/t14-/m1/s1. The van der Waals surface area contributed by atoms with E-state index in [0.717, 1.165) is 34.9 Å². The number of nitrogens with zero attached hydrogens (tertiary/aromatic N) is 1. The molecular formula is C18H22N2O3S. The van der Waals surface area contributed by atoms with E-state index in [1.165, 1.54) is 16.9 Å². The highest BCUT2D eigenvalue weighted by Gasteiger charge is 2.28. The summed E-state index contributed by atoms with van der Waals surface area (Å²) in [6, 6.07) is 6.09. The monoisotopic (exact) mass is 346 g/mol. The van der Waals surface area contributed by atoms with Crippen molar-refractivity contribution in [3.05, 3.63) is 44.9 Å². The largest absolute Gasteiger partial charge is 0.494 e. The first-order valence-electron chi connectivity index (χ1n) is 8.14. The van der Waals surface area contributed by atoms with E-state index in [1.807, 2.05) is 26.0 Å². The van der Waals surface area contributed by atoms with Crippen molar-refractivity contribution in [2.45, 2.75) is 39.3 Å². The molecule has 1 atom stereocenters. The molecule has 24 heavy (non-hydrogen) atoms. The van der Waals surface area contributed by atoms with Crippen LogP contribution in [-0.4, -0.2) is 24.6 Å². The molecule has 0 radical (unpaired) electrons. The Bertz CT molecular complexity index is 742. The first-order valence-corrected chi connectivity index (χ1v) is 8.96. The van der Waals surface area contributed by atoms with E-state index in [4.69, 9.17) is 9.47 Å². The molecule has 1 aliphatic rings. The lowest BCUT2D eigenvalue weighted by atomic mass is 10.1. The zero-order valence-electron chi connectivity index (χ0n) is 14.2. The number of rotatable bonds is 6. The number of thiazole rings is 1. The molecule has 128 valence electrons. The van der Waals surface area contributed by atoms with Crippen LogP contribution in [0.15, 0.2) is 18.2 Å². The van der Waals surface area contributed by atoms with Gasteiger partial charge in [0.2, 0.25) is 0 Å². The van der Waals surface area contributed by atoms with Crippen LogP contribution in [-0.2, 0) is 17.8 Å². The Morgan fingerprint density at radius 1 is 1.46 bits per heavy atom. The van der Waals surface area contributed by atoms with Gasteiger partial charge in [-0.25, -0.2) is 4.98 Å². The first kappa shape index (κ1) is 16.9. The smallest absolute Gasteiger partial charge is 0.263 e. The maximum Gasteiger partial charge on any atom is 0.263 e. The quantitative estimate of drug-likeness (QED) is 0.871. The van der Waals surface area contributed by atoms with Gasteiger partial charge in [-0.2, -0.15) is 0 Å². The number of aromatic nitrogens is 1. The number of amides is 1. The summed E-state index contributed by atoms with van der Waals surface area (Å²) in [6.45, 7) is 4.93. The highest BCUT2D eigenvalue weighted by molar-refractivity contribution is 7.13. The molecule has 1 N–H and O–H groups in total. The predicted molar refractivity (Wildman–Crippen MR) is 93.7 cm³/mol. The van der Waals surface area contributed by atoms with E-state index in [2.05, 4.69) is 16.4 Å². The summed E-state index contributed by atoms with van der Waals surface area (Å²) in [6.07, 6.45) is 1.82. The van der Waals surface area contributed by atoms with Crippen molar-refractivity contribution in [1.29, 1.82) is 0 Å². The summed E-state index contributed by atoms with van der Waals surface area (Å²) in [5.74, 6) is 0.870. The molecule has 2 aromatic rings. The number of methoxy groups -OCH3 is 1. The Morgan fingerprint density at radius 3 is 3.04 bits per heavy atom.